The van der Waals surface area contributed by atoms with E-state index in [2.05, 4.69) is 5.32 Å². The lowest BCUT2D eigenvalue weighted by atomic mass is 9.96. The molecule has 4 nitrogen and oxygen atoms in total. The molecule has 0 radical (unpaired) electrons. The molecule has 1 amide bonds. The maximum absolute atomic E-state index is 12.2. The first-order chi connectivity index (χ1) is 11.3. The summed E-state index contributed by atoms with van der Waals surface area (Å²) in [5.74, 6) is 3.80. The second-order valence-electron chi connectivity index (χ2n) is 5.60. The van der Waals surface area contributed by atoms with E-state index in [0.717, 1.165) is 41.4 Å². The van der Waals surface area contributed by atoms with E-state index in [0.29, 0.717) is 13.2 Å². The van der Waals surface area contributed by atoms with E-state index in [4.69, 9.17) is 9.15 Å². The molecule has 1 aliphatic rings. The molecule has 5 heteroatoms. The van der Waals surface area contributed by atoms with Gasteiger partial charge in [0.15, 0.2) is 0 Å². The number of carbonyl (C=O) groups excluding carboxylic acids is 1. The predicted octanol–water partition coefficient (Wildman–Crippen LogP) is 3.27. The fourth-order valence-corrected chi connectivity index (χ4v) is 3.45. The molecule has 0 unspecified atom stereocenters. The van der Waals surface area contributed by atoms with Gasteiger partial charge in [-0.1, -0.05) is 18.2 Å². The van der Waals surface area contributed by atoms with Crippen LogP contribution in [0.2, 0.25) is 0 Å². The minimum atomic E-state index is -0.0827. The summed E-state index contributed by atoms with van der Waals surface area (Å²) in [6.07, 6.45) is 3.41. The molecule has 2 heterocycles. The highest BCUT2D eigenvalue weighted by molar-refractivity contribution is 7.98. The van der Waals surface area contributed by atoms with Gasteiger partial charge in [0.2, 0.25) is 5.91 Å². The number of rotatable bonds is 7. The third-order valence-electron chi connectivity index (χ3n) is 3.84. The lowest BCUT2D eigenvalue weighted by Gasteiger charge is -2.24. The third kappa shape index (κ3) is 4.55. The first-order valence-corrected chi connectivity index (χ1v) is 9.07. The number of benzene rings is 1. The molecule has 1 aliphatic heterocycles. The molecule has 0 aliphatic carbocycles. The zero-order valence-electron chi connectivity index (χ0n) is 13.0. The predicted molar refractivity (Wildman–Crippen MR) is 91.6 cm³/mol. The number of amides is 1. The lowest BCUT2D eigenvalue weighted by Crippen LogP contribution is -2.37. The van der Waals surface area contributed by atoms with Crippen LogP contribution in [-0.2, 0) is 17.0 Å². The van der Waals surface area contributed by atoms with Gasteiger partial charge in [-0.25, -0.2) is 0 Å². The Morgan fingerprint density at radius 2 is 2.17 bits per heavy atom. The lowest BCUT2D eigenvalue weighted by molar-refractivity contribution is -0.126. The number of hydrogen-bond donors (Lipinski definition) is 1. The Morgan fingerprint density at radius 3 is 3.04 bits per heavy atom. The Labute approximate surface area is 140 Å². The molecule has 0 spiro atoms. The molecule has 0 bridgehead atoms. The molecule has 1 N–H and O–H groups in total. The second kappa shape index (κ2) is 8.11. The van der Waals surface area contributed by atoms with Crippen molar-refractivity contribution >= 4 is 17.7 Å². The van der Waals surface area contributed by atoms with Crippen LogP contribution >= 0.6 is 11.8 Å². The maximum atomic E-state index is 12.2. The number of hydrogen-bond acceptors (Lipinski definition) is 4. The zero-order valence-corrected chi connectivity index (χ0v) is 13.8. The normalized spacial score (nSPS) is 16.4. The second-order valence-corrected chi connectivity index (χ2v) is 6.70. The van der Waals surface area contributed by atoms with E-state index in [1.54, 1.807) is 6.26 Å². The summed E-state index contributed by atoms with van der Waals surface area (Å²) in [6.45, 7) is 1.18. The van der Waals surface area contributed by atoms with Crippen LogP contribution in [0.5, 0.6) is 5.75 Å². The highest BCUT2D eigenvalue weighted by Crippen LogP contribution is 2.26. The average molecular weight is 331 g/mol. The Kier molecular flexibility index (Phi) is 5.64. The van der Waals surface area contributed by atoms with Crippen LogP contribution in [0, 0.1) is 5.92 Å². The van der Waals surface area contributed by atoms with Crippen molar-refractivity contribution in [1.82, 2.24) is 5.32 Å². The summed E-state index contributed by atoms with van der Waals surface area (Å²) in [4.78, 5) is 12.2. The summed E-state index contributed by atoms with van der Waals surface area (Å²) < 4.78 is 10.9. The van der Waals surface area contributed by atoms with Gasteiger partial charge >= 0.3 is 0 Å². The van der Waals surface area contributed by atoms with Crippen LogP contribution in [0.4, 0.5) is 0 Å². The van der Waals surface area contributed by atoms with Gasteiger partial charge in [0.05, 0.1) is 17.9 Å². The average Bonchev–Trinajstić information content (AvgIpc) is 3.10. The van der Waals surface area contributed by atoms with Crippen molar-refractivity contribution in [3.63, 3.8) is 0 Å². The van der Waals surface area contributed by atoms with E-state index in [1.807, 2.05) is 48.2 Å². The van der Waals surface area contributed by atoms with Crippen LogP contribution < -0.4 is 10.1 Å². The number of furan rings is 1. The molecule has 1 aromatic carbocycles. The van der Waals surface area contributed by atoms with Gasteiger partial charge in [-0.3, -0.25) is 4.79 Å². The van der Waals surface area contributed by atoms with Gasteiger partial charge in [-0.2, -0.15) is 11.8 Å². The quantitative estimate of drug-likeness (QED) is 0.791. The van der Waals surface area contributed by atoms with Crippen LogP contribution in [0.15, 0.2) is 47.1 Å². The molecule has 3 rings (SSSR count). The first kappa shape index (κ1) is 16.0. The van der Waals surface area contributed by atoms with Crippen molar-refractivity contribution in [1.29, 1.82) is 0 Å². The van der Waals surface area contributed by atoms with Crippen LogP contribution in [0.3, 0.4) is 0 Å². The largest absolute Gasteiger partial charge is 0.492 e. The van der Waals surface area contributed by atoms with Crippen molar-refractivity contribution in [3.8, 4) is 5.75 Å². The number of fused-ring (bicyclic) bond motifs is 1. The summed E-state index contributed by atoms with van der Waals surface area (Å²) in [5, 5.41) is 3.02. The molecule has 0 fully saturated rings. The molecular weight excluding hydrogens is 310 g/mol. The van der Waals surface area contributed by atoms with E-state index < -0.39 is 0 Å². The number of ether oxygens (including phenoxy) is 1. The number of thioether (sulfide) groups is 1. The van der Waals surface area contributed by atoms with Crippen LogP contribution in [0.25, 0.3) is 0 Å². The fraction of sp³-hybridized carbons (Fsp3) is 0.389. The Morgan fingerprint density at radius 1 is 1.26 bits per heavy atom. The van der Waals surface area contributed by atoms with Gasteiger partial charge < -0.3 is 14.5 Å². The van der Waals surface area contributed by atoms with Crippen molar-refractivity contribution in [2.45, 2.75) is 18.6 Å². The topological polar surface area (TPSA) is 51.5 Å². The molecule has 1 aromatic heterocycles. The first-order valence-electron chi connectivity index (χ1n) is 7.91. The van der Waals surface area contributed by atoms with Gasteiger partial charge in [0.25, 0.3) is 0 Å². The van der Waals surface area contributed by atoms with Gasteiger partial charge in [-0.15, -0.1) is 0 Å². The highest BCUT2D eigenvalue weighted by atomic mass is 32.2. The third-order valence-corrected chi connectivity index (χ3v) is 4.90. The van der Waals surface area contributed by atoms with Crippen molar-refractivity contribution in [2.24, 2.45) is 5.92 Å². The van der Waals surface area contributed by atoms with Crippen molar-refractivity contribution < 1.29 is 13.9 Å². The molecule has 0 saturated heterocycles. The van der Waals surface area contributed by atoms with E-state index in [9.17, 15) is 4.79 Å². The molecule has 1 atom stereocenters. The summed E-state index contributed by atoms with van der Waals surface area (Å²) >= 11 is 1.82. The van der Waals surface area contributed by atoms with Crippen LogP contribution in [0.1, 0.15) is 17.7 Å². The smallest absolute Gasteiger partial charge is 0.226 e. The fourth-order valence-electron chi connectivity index (χ4n) is 2.59. The minimum absolute atomic E-state index is 0.0827. The summed E-state index contributed by atoms with van der Waals surface area (Å²) in [5.41, 5.74) is 1.12. The summed E-state index contributed by atoms with van der Waals surface area (Å²) in [6, 6.07) is 11.8. The van der Waals surface area contributed by atoms with Crippen LogP contribution in [-0.4, -0.2) is 24.8 Å². The number of nitrogens with one attached hydrogen (secondary N) is 1. The Balaban J connectivity index is 1.32. The highest BCUT2D eigenvalue weighted by Gasteiger charge is 2.25. The molecule has 23 heavy (non-hydrogen) atoms. The van der Waals surface area contributed by atoms with Gasteiger partial charge in [-0.05, 0) is 42.4 Å². The molecular formula is C18H21NO3S. The van der Waals surface area contributed by atoms with Gasteiger partial charge in [0.1, 0.15) is 18.1 Å². The number of para-hydroxylation sites is 1. The number of carbonyl (C=O) groups is 1. The van der Waals surface area contributed by atoms with Crippen molar-refractivity contribution in [3.05, 3.63) is 54.0 Å². The Bertz CT molecular complexity index is 627. The minimum Gasteiger partial charge on any atom is -0.492 e. The Hall–Kier alpha value is -1.88. The van der Waals surface area contributed by atoms with Gasteiger partial charge in [0, 0.05) is 6.54 Å². The maximum Gasteiger partial charge on any atom is 0.226 e. The van der Waals surface area contributed by atoms with E-state index in [-0.39, 0.29) is 11.8 Å². The van der Waals surface area contributed by atoms with Crippen molar-refractivity contribution in [2.75, 3.05) is 18.9 Å². The molecule has 122 valence electrons. The molecule has 0 saturated carbocycles. The van der Waals surface area contributed by atoms with E-state index >= 15 is 0 Å². The monoisotopic (exact) mass is 331 g/mol. The SMILES string of the molecule is O=C(NCCCSCc1ccco1)[C@@H]1COc2ccccc2C1. The summed E-state index contributed by atoms with van der Waals surface area (Å²) in [7, 11) is 0. The molecule has 2 aromatic rings. The standard InChI is InChI=1S/C18H21NO3S/c20-18(15-11-14-5-1-2-7-17(14)22-12-15)19-8-4-10-23-13-16-6-3-9-21-16/h1-3,5-7,9,15H,4,8,10-13H2,(H,19,20)/t15-/m0/s1. The zero-order chi connectivity index (χ0) is 15.9. The van der Waals surface area contributed by atoms with E-state index in [1.165, 1.54) is 0 Å².